The van der Waals surface area contributed by atoms with Gasteiger partial charge in [-0.05, 0) is 49.4 Å². The lowest BCUT2D eigenvalue weighted by molar-refractivity contribution is 0.214. The van der Waals surface area contributed by atoms with Crippen LogP contribution in [0.25, 0.3) is 0 Å². The molecular formula is C20H22N2O2S2. The molecule has 2 fully saturated rings. The zero-order valence-electron chi connectivity index (χ0n) is 14.7. The van der Waals surface area contributed by atoms with Crippen molar-refractivity contribution in [3.63, 3.8) is 0 Å². The van der Waals surface area contributed by atoms with E-state index in [9.17, 15) is 0 Å². The Morgan fingerprint density at radius 3 is 1.27 bits per heavy atom. The predicted molar refractivity (Wildman–Crippen MR) is 111 cm³/mol. The summed E-state index contributed by atoms with van der Waals surface area (Å²) in [7, 11) is 0. The van der Waals surface area contributed by atoms with Gasteiger partial charge in [-0.1, -0.05) is 60.7 Å². The van der Waals surface area contributed by atoms with Gasteiger partial charge in [0.25, 0.3) is 10.3 Å². The molecule has 0 aromatic heterocycles. The third-order valence-corrected chi connectivity index (χ3v) is 4.75. The number of ether oxygens (including phenoxy) is 2. The molecule has 0 aliphatic carbocycles. The Morgan fingerprint density at radius 1 is 0.654 bits per heavy atom. The maximum Gasteiger partial charge on any atom is 0.257 e. The fraction of sp³-hybridized carbons (Fsp3) is 0.300. The molecule has 4 atom stereocenters. The van der Waals surface area contributed by atoms with Crippen molar-refractivity contribution < 1.29 is 9.47 Å². The molecule has 6 heteroatoms. The highest BCUT2D eigenvalue weighted by molar-refractivity contribution is 7.80. The number of hydrogen-bond acceptors (Lipinski definition) is 4. The average Bonchev–Trinajstić information content (AvgIpc) is 3.17. The van der Waals surface area contributed by atoms with Crippen LogP contribution in [0.4, 0.5) is 0 Å². The van der Waals surface area contributed by atoms with Crippen LogP contribution in [0.15, 0.2) is 60.7 Å². The summed E-state index contributed by atoms with van der Waals surface area (Å²) >= 11 is 9.88. The van der Waals surface area contributed by atoms with Gasteiger partial charge in [0.15, 0.2) is 0 Å². The normalized spacial score (nSPS) is 26.7. The monoisotopic (exact) mass is 386 g/mol. The minimum atomic E-state index is 0.0636. The average molecular weight is 387 g/mol. The molecular weight excluding hydrogens is 364 g/mol. The zero-order valence-corrected chi connectivity index (χ0v) is 16.3. The van der Waals surface area contributed by atoms with E-state index in [1.807, 2.05) is 36.4 Å². The molecule has 0 saturated carbocycles. The van der Waals surface area contributed by atoms with Crippen LogP contribution in [0.3, 0.4) is 0 Å². The molecule has 26 heavy (non-hydrogen) atoms. The minimum absolute atomic E-state index is 0.0636. The Morgan fingerprint density at radius 2 is 1.00 bits per heavy atom. The summed E-state index contributed by atoms with van der Waals surface area (Å²) in [5.74, 6) is 0. The van der Waals surface area contributed by atoms with Gasteiger partial charge >= 0.3 is 0 Å². The highest BCUT2D eigenvalue weighted by Crippen LogP contribution is 2.26. The quantitative estimate of drug-likeness (QED) is 0.760. The Labute approximate surface area is 164 Å². The topological polar surface area (TPSA) is 42.5 Å². The summed E-state index contributed by atoms with van der Waals surface area (Å²) < 4.78 is 11.0. The van der Waals surface area contributed by atoms with Gasteiger partial charge in [-0.15, -0.1) is 0 Å². The van der Waals surface area contributed by atoms with Gasteiger partial charge in [-0.2, -0.15) is 0 Å². The Balaban J connectivity index is 0.000000151. The summed E-state index contributed by atoms with van der Waals surface area (Å²) in [6.45, 7) is 4.13. The summed E-state index contributed by atoms with van der Waals surface area (Å²) in [4.78, 5) is 0. The van der Waals surface area contributed by atoms with Crippen LogP contribution >= 0.6 is 24.4 Å². The third kappa shape index (κ3) is 4.51. The van der Waals surface area contributed by atoms with Gasteiger partial charge in [0.2, 0.25) is 0 Å². The summed E-state index contributed by atoms with van der Waals surface area (Å²) in [5, 5.41) is 7.15. The van der Waals surface area contributed by atoms with Gasteiger partial charge < -0.3 is 20.1 Å². The molecule has 4 rings (SSSR count). The van der Waals surface area contributed by atoms with Crippen LogP contribution in [0.1, 0.15) is 37.2 Å². The first-order valence-electron chi connectivity index (χ1n) is 8.59. The van der Waals surface area contributed by atoms with Crippen molar-refractivity contribution in [3.8, 4) is 0 Å². The molecule has 2 aromatic rings. The molecule has 2 aromatic carbocycles. The van der Waals surface area contributed by atoms with Gasteiger partial charge in [-0.3, -0.25) is 0 Å². The minimum Gasteiger partial charge on any atom is -0.461 e. The molecule has 2 aliphatic heterocycles. The molecule has 2 aliphatic rings. The van der Waals surface area contributed by atoms with Crippen molar-refractivity contribution in [1.82, 2.24) is 10.6 Å². The summed E-state index contributed by atoms with van der Waals surface area (Å²) in [6, 6.07) is 20.7. The molecule has 2 saturated heterocycles. The first kappa shape index (κ1) is 18.6. The second-order valence-corrected chi connectivity index (χ2v) is 7.08. The molecule has 2 heterocycles. The van der Waals surface area contributed by atoms with Crippen LogP contribution < -0.4 is 10.6 Å². The van der Waals surface area contributed by atoms with Crippen LogP contribution in [0, 0.1) is 0 Å². The lowest BCUT2D eigenvalue weighted by atomic mass is 10.0. The number of rotatable bonds is 2. The first-order valence-corrected chi connectivity index (χ1v) is 9.40. The van der Waals surface area contributed by atoms with Crippen molar-refractivity contribution in [2.75, 3.05) is 0 Å². The summed E-state index contributed by atoms with van der Waals surface area (Å²) in [6.07, 6.45) is 0.127. The van der Waals surface area contributed by atoms with E-state index in [1.54, 1.807) is 0 Å². The van der Waals surface area contributed by atoms with E-state index >= 15 is 0 Å². The molecule has 0 spiro atoms. The number of nitrogens with one attached hydrogen (secondary N) is 2. The van der Waals surface area contributed by atoms with E-state index in [0.717, 1.165) is 0 Å². The molecule has 0 bridgehead atoms. The predicted octanol–water partition coefficient (Wildman–Crippen LogP) is 4.04. The van der Waals surface area contributed by atoms with E-state index in [0.29, 0.717) is 10.3 Å². The zero-order chi connectivity index (χ0) is 18.5. The smallest absolute Gasteiger partial charge is 0.257 e. The Hall–Kier alpha value is -2.18. The van der Waals surface area contributed by atoms with Crippen molar-refractivity contribution in [2.24, 2.45) is 0 Å². The van der Waals surface area contributed by atoms with E-state index in [2.05, 4.69) is 48.7 Å². The van der Waals surface area contributed by atoms with Crippen molar-refractivity contribution >= 4 is 34.8 Å². The second-order valence-electron chi connectivity index (χ2n) is 6.34. The van der Waals surface area contributed by atoms with E-state index in [-0.39, 0.29) is 24.3 Å². The van der Waals surface area contributed by atoms with Gasteiger partial charge in [-0.25, -0.2) is 0 Å². The molecule has 0 radical (unpaired) electrons. The van der Waals surface area contributed by atoms with Crippen LogP contribution in [-0.4, -0.2) is 22.4 Å². The van der Waals surface area contributed by atoms with Crippen LogP contribution in [0.5, 0.6) is 0 Å². The Bertz CT molecular complexity index is 689. The van der Waals surface area contributed by atoms with Crippen molar-refractivity contribution in [2.45, 2.75) is 38.1 Å². The first-order chi connectivity index (χ1) is 12.5. The number of benzene rings is 2. The van der Waals surface area contributed by atoms with Gasteiger partial charge in [0, 0.05) is 0 Å². The molecule has 0 amide bonds. The summed E-state index contributed by atoms with van der Waals surface area (Å²) in [5.41, 5.74) is 2.34. The third-order valence-electron chi connectivity index (χ3n) is 4.32. The van der Waals surface area contributed by atoms with Gasteiger partial charge in [0.05, 0.1) is 12.1 Å². The fourth-order valence-electron chi connectivity index (χ4n) is 3.02. The highest BCUT2D eigenvalue weighted by Gasteiger charge is 2.29. The maximum atomic E-state index is 5.48. The lowest BCUT2D eigenvalue weighted by Gasteiger charge is -2.12. The molecule has 2 N–H and O–H groups in total. The number of hydrogen-bond donors (Lipinski definition) is 2. The van der Waals surface area contributed by atoms with E-state index in [4.69, 9.17) is 33.9 Å². The Kier molecular flexibility index (Phi) is 6.06. The van der Waals surface area contributed by atoms with Crippen molar-refractivity contribution in [1.29, 1.82) is 0 Å². The van der Waals surface area contributed by atoms with Gasteiger partial charge in [0.1, 0.15) is 12.2 Å². The molecule has 0 unspecified atom stereocenters. The largest absolute Gasteiger partial charge is 0.461 e. The van der Waals surface area contributed by atoms with Crippen LogP contribution in [0.2, 0.25) is 0 Å². The van der Waals surface area contributed by atoms with Crippen molar-refractivity contribution in [3.05, 3.63) is 71.8 Å². The lowest BCUT2D eigenvalue weighted by Crippen LogP contribution is -2.23. The highest BCUT2D eigenvalue weighted by atomic mass is 32.1. The second kappa shape index (κ2) is 8.47. The fourth-order valence-corrected chi connectivity index (χ4v) is 3.60. The van der Waals surface area contributed by atoms with E-state index < -0.39 is 0 Å². The maximum absolute atomic E-state index is 5.48. The standard InChI is InChI=1S/2C10H11NOS/c2*1-7-9(12-10(13)11-7)8-5-3-2-4-6-8/h2*2-7,9H,1H3,(H,11,13)/t2*7-,9-/m00/s1. The van der Waals surface area contributed by atoms with E-state index in [1.165, 1.54) is 11.1 Å². The SMILES string of the molecule is C[C@@H]1NC(=S)O[C@@H]1c1ccccc1.C[C@@H]1NC(=S)O[C@@H]1c1ccccc1. The van der Waals surface area contributed by atoms with Crippen LogP contribution in [-0.2, 0) is 9.47 Å². The number of thiocarbonyl (C=S) groups is 2. The molecule has 4 nitrogen and oxygen atoms in total. The molecule has 136 valence electrons.